The second-order valence-electron chi connectivity index (χ2n) is 9.96. The number of likely N-dealkylation sites (tertiary alicyclic amines) is 1. The number of alkyl halides is 1. The fourth-order valence-corrected chi connectivity index (χ4v) is 4.81. The van der Waals surface area contributed by atoms with Gasteiger partial charge in [-0.1, -0.05) is 42.5 Å². The van der Waals surface area contributed by atoms with Crippen LogP contribution in [0.5, 0.6) is 5.75 Å². The first-order valence-electron chi connectivity index (χ1n) is 13.0. The highest BCUT2D eigenvalue weighted by atomic mass is 19.1. The molecule has 4 atom stereocenters. The molecule has 216 valence electrons. The number of aromatic hydroxyl groups is 1. The number of nitrogens with one attached hydrogen (secondary N) is 2. The normalized spacial score (nSPS) is 18.0. The van der Waals surface area contributed by atoms with Gasteiger partial charge in [0.2, 0.25) is 5.91 Å². The van der Waals surface area contributed by atoms with E-state index in [1.165, 1.54) is 18.2 Å². The molecule has 1 heterocycles. The van der Waals surface area contributed by atoms with E-state index in [2.05, 4.69) is 10.6 Å². The summed E-state index contributed by atoms with van der Waals surface area (Å²) in [5.41, 5.74) is 1.13. The number of amides is 3. The third-order valence-electron chi connectivity index (χ3n) is 7.10. The van der Waals surface area contributed by atoms with Gasteiger partial charge < -0.3 is 25.7 Å². The summed E-state index contributed by atoms with van der Waals surface area (Å²) in [6, 6.07) is 13.5. The van der Waals surface area contributed by atoms with Crippen LogP contribution in [0.15, 0.2) is 66.7 Å². The molecule has 1 aliphatic rings. The van der Waals surface area contributed by atoms with Gasteiger partial charge in [0.15, 0.2) is 6.10 Å². The van der Waals surface area contributed by atoms with Gasteiger partial charge in [0.1, 0.15) is 29.6 Å². The topological polar surface area (TPSA) is 119 Å². The minimum absolute atomic E-state index is 0.000311. The summed E-state index contributed by atoms with van der Waals surface area (Å²) in [7, 11) is 0. The molecule has 3 aromatic rings. The van der Waals surface area contributed by atoms with Gasteiger partial charge in [0, 0.05) is 35.7 Å². The number of hydrogen-bond donors (Lipinski definition) is 4. The lowest BCUT2D eigenvalue weighted by molar-refractivity contribution is -0.146. The lowest BCUT2D eigenvalue weighted by Crippen LogP contribution is -2.55. The quantitative estimate of drug-likeness (QED) is 0.316. The van der Waals surface area contributed by atoms with Crippen LogP contribution in [0, 0.1) is 18.6 Å². The third-order valence-corrected chi connectivity index (χ3v) is 7.10. The second kappa shape index (κ2) is 12.9. The van der Waals surface area contributed by atoms with Gasteiger partial charge in [-0.2, -0.15) is 0 Å². The summed E-state index contributed by atoms with van der Waals surface area (Å²) in [4.78, 5) is 40.4. The molecule has 11 heteroatoms. The van der Waals surface area contributed by atoms with Crippen molar-refractivity contribution in [2.75, 3.05) is 6.54 Å². The smallest absolute Gasteiger partial charge is 0.254 e. The molecule has 8 nitrogen and oxygen atoms in total. The van der Waals surface area contributed by atoms with Crippen molar-refractivity contribution in [2.45, 2.75) is 50.7 Å². The van der Waals surface area contributed by atoms with Crippen LogP contribution >= 0.6 is 0 Å². The average Bonchev–Trinajstić information content (AvgIpc) is 3.35. The molecule has 4 N–H and O–H groups in total. The van der Waals surface area contributed by atoms with Gasteiger partial charge in [-0.05, 0) is 37.1 Å². The van der Waals surface area contributed by atoms with Crippen molar-refractivity contribution >= 4 is 17.7 Å². The van der Waals surface area contributed by atoms with Gasteiger partial charge >= 0.3 is 0 Å². The summed E-state index contributed by atoms with van der Waals surface area (Å²) in [6.07, 6.45) is -3.72. The summed E-state index contributed by atoms with van der Waals surface area (Å²) in [5, 5.41) is 26.3. The average molecular weight is 570 g/mol. The van der Waals surface area contributed by atoms with Crippen molar-refractivity contribution in [2.24, 2.45) is 0 Å². The number of rotatable bonds is 9. The molecule has 1 saturated heterocycles. The van der Waals surface area contributed by atoms with Crippen LogP contribution in [-0.4, -0.2) is 63.7 Å². The Hall–Kier alpha value is -4.38. The number of nitrogens with zero attached hydrogens (tertiary/aromatic N) is 1. The molecule has 41 heavy (non-hydrogen) atoms. The minimum Gasteiger partial charge on any atom is -0.508 e. The van der Waals surface area contributed by atoms with E-state index in [4.69, 9.17) is 0 Å². The highest BCUT2D eigenvalue weighted by Crippen LogP contribution is 2.24. The molecular formula is C30H30F3N3O5. The van der Waals surface area contributed by atoms with Gasteiger partial charge in [-0.25, -0.2) is 13.2 Å². The van der Waals surface area contributed by atoms with E-state index in [1.807, 2.05) is 0 Å². The molecule has 0 bridgehead atoms. The molecule has 0 spiro atoms. The molecular weight excluding hydrogens is 539 g/mol. The molecule has 0 aromatic heterocycles. The first kappa shape index (κ1) is 29.6. The van der Waals surface area contributed by atoms with E-state index in [-0.39, 0.29) is 36.3 Å². The lowest BCUT2D eigenvalue weighted by atomic mass is 9.98. The van der Waals surface area contributed by atoms with Gasteiger partial charge in [0.25, 0.3) is 11.8 Å². The van der Waals surface area contributed by atoms with Crippen molar-refractivity contribution in [3.8, 4) is 5.75 Å². The van der Waals surface area contributed by atoms with E-state index < -0.39 is 60.3 Å². The number of carbonyl (C=O) groups is 3. The van der Waals surface area contributed by atoms with Crippen molar-refractivity contribution < 1.29 is 37.8 Å². The van der Waals surface area contributed by atoms with Crippen molar-refractivity contribution in [1.82, 2.24) is 15.5 Å². The summed E-state index contributed by atoms with van der Waals surface area (Å²) >= 11 is 0. The van der Waals surface area contributed by atoms with Crippen LogP contribution < -0.4 is 10.6 Å². The summed E-state index contributed by atoms with van der Waals surface area (Å²) < 4.78 is 41.7. The van der Waals surface area contributed by atoms with Crippen LogP contribution in [0.1, 0.15) is 33.5 Å². The van der Waals surface area contributed by atoms with E-state index in [0.29, 0.717) is 17.2 Å². The molecule has 1 fully saturated rings. The van der Waals surface area contributed by atoms with Gasteiger partial charge in [-0.3, -0.25) is 14.4 Å². The maximum atomic E-state index is 14.5. The maximum Gasteiger partial charge on any atom is 0.254 e. The van der Waals surface area contributed by atoms with Crippen molar-refractivity contribution in [3.63, 3.8) is 0 Å². The number of phenolic OH excluding ortho intramolecular Hbond substituents is 1. The second-order valence-corrected chi connectivity index (χ2v) is 9.96. The Balaban J connectivity index is 1.52. The fraction of sp³-hybridized carbons (Fsp3) is 0.300. The number of phenols is 1. The summed E-state index contributed by atoms with van der Waals surface area (Å²) in [6.45, 7) is 0.764. The van der Waals surface area contributed by atoms with E-state index in [0.717, 1.165) is 17.0 Å². The zero-order chi connectivity index (χ0) is 29.7. The number of aliphatic hydroxyl groups excluding tert-OH is 1. The maximum absolute atomic E-state index is 14.5. The van der Waals surface area contributed by atoms with Gasteiger partial charge in [-0.15, -0.1) is 0 Å². The standard InChI is InChI=1S/C30H30F3N3O5/c1-17-22(8-5-9-26(17)37)28(39)35-24(12-18-6-3-2-4-7-18)27(38)30(41)36-16-21(32)14-25(36)29(40)34-15-19-10-11-20(31)13-23(19)33/h2-11,13,21,24-25,27,37-38H,12,14-16H2,1H3,(H,34,40)(H,35,39)/t21-,24?,25+,27+/m1/s1. The van der Waals surface area contributed by atoms with Crippen molar-refractivity contribution in [3.05, 3.63) is 101 Å². The Morgan fingerprint density at radius 1 is 1.05 bits per heavy atom. The third kappa shape index (κ3) is 7.04. The zero-order valence-corrected chi connectivity index (χ0v) is 22.2. The first-order valence-corrected chi connectivity index (χ1v) is 13.0. The number of benzene rings is 3. The number of carbonyl (C=O) groups excluding carboxylic acids is 3. The molecule has 0 saturated carbocycles. The highest BCUT2D eigenvalue weighted by molar-refractivity contribution is 5.97. The van der Waals surface area contributed by atoms with E-state index >= 15 is 0 Å². The molecule has 0 aliphatic carbocycles. The Morgan fingerprint density at radius 3 is 2.49 bits per heavy atom. The predicted molar refractivity (Wildman–Crippen MR) is 143 cm³/mol. The molecule has 0 radical (unpaired) electrons. The lowest BCUT2D eigenvalue weighted by Gasteiger charge is -2.30. The van der Waals surface area contributed by atoms with E-state index in [9.17, 15) is 37.8 Å². The number of aliphatic hydroxyl groups is 1. The monoisotopic (exact) mass is 569 g/mol. The van der Waals surface area contributed by atoms with E-state index in [1.54, 1.807) is 37.3 Å². The molecule has 1 unspecified atom stereocenters. The Kier molecular flexibility index (Phi) is 9.28. The SMILES string of the molecule is Cc1c(O)cccc1C(=O)NC(Cc1ccccc1)[C@H](O)C(=O)N1C[C@H](F)C[C@H]1C(=O)NCc1ccc(F)cc1F. The minimum atomic E-state index is -1.85. The Labute approximate surface area is 234 Å². The fourth-order valence-electron chi connectivity index (χ4n) is 4.81. The van der Waals surface area contributed by atoms with Crippen LogP contribution in [-0.2, 0) is 22.6 Å². The Bertz CT molecular complexity index is 1420. The Morgan fingerprint density at radius 2 is 1.78 bits per heavy atom. The number of hydrogen-bond acceptors (Lipinski definition) is 5. The first-order chi connectivity index (χ1) is 19.5. The highest BCUT2D eigenvalue weighted by Gasteiger charge is 2.43. The molecule has 3 aromatic carbocycles. The molecule has 1 aliphatic heterocycles. The largest absolute Gasteiger partial charge is 0.508 e. The summed E-state index contributed by atoms with van der Waals surface area (Å²) in [5.74, 6) is -4.14. The van der Waals surface area contributed by atoms with Crippen molar-refractivity contribution in [1.29, 1.82) is 0 Å². The van der Waals surface area contributed by atoms with Crippen LogP contribution in [0.2, 0.25) is 0 Å². The molecule has 4 rings (SSSR count). The predicted octanol–water partition coefficient (Wildman–Crippen LogP) is 2.94. The van der Waals surface area contributed by atoms with Crippen LogP contribution in [0.3, 0.4) is 0 Å². The van der Waals surface area contributed by atoms with Crippen LogP contribution in [0.4, 0.5) is 13.2 Å². The van der Waals surface area contributed by atoms with Gasteiger partial charge in [0.05, 0.1) is 12.6 Å². The van der Waals surface area contributed by atoms with Crippen LogP contribution in [0.25, 0.3) is 0 Å². The molecule has 3 amide bonds. The number of halogens is 3. The zero-order valence-electron chi connectivity index (χ0n) is 22.2.